The maximum Gasteiger partial charge on any atom is 0.0594 e. The minimum atomic E-state index is 0.738. The van der Waals surface area contributed by atoms with E-state index in [9.17, 15) is 0 Å². The average molecular weight is 261 g/mol. The van der Waals surface area contributed by atoms with E-state index in [0.717, 1.165) is 44.6 Å². The molecule has 2 fully saturated rings. The van der Waals surface area contributed by atoms with Crippen LogP contribution in [0.25, 0.3) is 0 Å². The van der Waals surface area contributed by atoms with E-state index < -0.39 is 0 Å². The third kappa shape index (κ3) is 4.40. The predicted molar refractivity (Wildman–Crippen MR) is 71.8 cm³/mol. The molecule has 1 unspecified atom stereocenters. The van der Waals surface area contributed by atoms with Gasteiger partial charge in [-0.3, -0.25) is 9.80 Å². The van der Waals surface area contributed by atoms with Crippen LogP contribution < -0.4 is 0 Å². The van der Waals surface area contributed by atoms with Gasteiger partial charge in [-0.15, -0.1) is 11.6 Å². The lowest BCUT2D eigenvalue weighted by Crippen LogP contribution is -2.46. The second kappa shape index (κ2) is 7.57. The van der Waals surface area contributed by atoms with Crippen LogP contribution in [0.3, 0.4) is 0 Å². The van der Waals surface area contributed by atoms with Gasteiger partial charge in [-0.05, 0) is 25.8 Å². The SMILES string of the molecule is ClCCC1CCCCN1CCN1CCOCC1. The van der Waals surface area contributed by atoms with Gasteiger partial charge in [0.2, 0.25) is 0 Å². The number of nitrogens with zero attached hydrogens (tertiary/aromatic N) is 2. The van der Waals surface area contributed by atoms with E-state index >= 15 is 0 Å². The number of ether oxygens (including phenoxy) is 1. The molecule has 0 amide bonds. The van der Waals surface area contributed by atoms with Gasteiger partial charge < -0.3 is 4.74 Å². The van der Waals surface area contributed by atoms with Crippen LogP contribution in [-0.2, 0) is 4.74 Å². The van der Waals surface area contributed by atoms with E-state index in [4.69, 9.17) is 16.3 Å². The quantitative estimate of drug-likeness (QED) is 0.701. The summed E-state index contributed by atoms with van der Waals surface area (Å²) in [6.07, 6.45) is 5.25. The van der Waals surface area contributed by atoms with Crippen molar-refractivity contribution in [2.24, 2.45) is 0 Å². The summed E-state index contributed by atoms with van der Waals surface area (Å²) >= 11 is 5.90. The van der Waals surface area contributed by atoms with Gasteiger partial charge in [-0.25, -0.2) is 0 Å². The number of alkyl halides is 1. The summed E-state index contributed by atoms with van der Waals surface area (Å²) in [7, 11) is 0. The van der Waals surface area contributed by atoms with Crippen molar-refractivity contribution in [3.05, 3.63) is 0 Å². The van der Waals surface area contributed by atoms with Gasteiger partial charge in [0, 0.05) is 38.1 Å². The summed E-state index contributed by atoms with van der Waals surface area (Å²) in [5, 5.41) is 0. The summed E-state index contributed by atoms with van der Waals surface area (Å²) in [6.45, 7) is 7.70. The van der Waals surface area contributed by atoms with Crippen molar-refractivity contribution in [3.63, 3.8) is 0 Å². The van der Waals surface area contributed by atoms with Crippen LogP contribution in [0, 0.1) is 0 Å². The Kier molecular flexibility index (Phi) is 6.06. The minimum absolute atomic E-state index is 0.738. The second-order valence-electron chi connectivity index (χ2n) is 5.12. The van der Waals surface area contributed by atoms with Crippen LogP contribution in [0.4, 0.5) is 0 Å². The molecule has 0 aromatic rings. The molecule has 2 rings (SSSR count). The number of halogens is 1. The van der Waals surface area contributed by atoms with Crippen molar-refractivity contribution in [2.45, 2.75) is 31.7 Å². The fraction of sp³-hybridized carbons (Fsp3) is 1.00. The Morgan fingerprint density at radius 2 is 1.88 bits per heavy atom. The van der Waals surface area contributed by atoms with Crippen LogP contribution in [0.1, 0.15) is 25.7 Å². The number of morpholine rings is 1. The highest BCUT2D eigenvalue weighted by atomic mass is 35.5. The molecular formula is C13H25ClN2O. The lowest BCUT2D eigenvalue weighted by Gasteiger charge is -2.37. The van der Waals surface area contributed by atoms with Crippen LogP contribution in [0.15, 0.2) is 0 Å². The number of rotatable bonds is 5. The molecule has 1 atom stereocenters. The molecule has 0 bridgehead atoms. The average Bonchev–Trinajstić information content (AvgIpc) is 2.39. The van der Waals surface area contributed by atoms with Crippen LogP contribution in [-0.4, -0.2) is 67.7 Å². The van der Waals surface area contributed by atoms with Gasteiger partial charge in [0.05, 0.1) is 13.2 Å². The molecule has 0 spiro atoms. The summed E-state index contributed by atoms with van der Waals surface area (Å²) in [6, 6.07) is 0.738. The molecule has 3 nitrogen and oxygen atoms in total. The van der Waals surface area contributed by atoms with E-state index in [0.29, 0.717) is 0 Å². The second-order valence-corrected chi connectivity index (χ2v) is 5.50. The zero-order valence-electron chi connectivity index (χ0n) is 10.7. The van der Waals surface area contributed by atoms with Gasteiger partial charge in [0.25, 0.3) is 0 Å². The van der Waals surface area contributed by atoms with Crippen LogP contribution in [0.5, 0.6) is 0 Å². The van der Waals surface area contributed by atoms with Gasteiger partial charge in [0.1, 0.15) is 0 Å². The van der Waals surface area contributed by atoms with E-state index in [-0.39, 0.29) is 0 Å². The minimum Gasteiger partial charge on any atom is -0.379 e. The maximum atomic E-state index is 5.90. The maximum absolute atomic E-state index is 5.90. The molecule has 100 valence electrons. The molecule has 0 aliphatic carbocycles. The molecule has 0 aromatic carbocycles. The highest BCUT2D eigenvalue weighted by Gasteiger charge is 2.22. The zero-order chi connectivity index (χ0) is 11.9. The van der Waals surface area contributed by atoms with E-state index in [2.05, 4.69) is 9.80 Å². The van der Waals surface area contributed by atoms with E-state index in [1.807, 2.05) is 0 Å². The smallest absolute Gasteiger partial charge is 0.0594 e. The first-order valence-corrected chi connectivity index (χ1v) is 7.53. The lowest BCUT2D eigenvalue weighted by molar-refractivity contribution is 0.0281. The molecule has 17 heavy (non-hydrogen) atoms. The topological polar surface area (TPSA) is 15.7 Å². The Balaban J connectivity index is 1.71. The molecule has 4 heteroatoms. The van der Waals surface area contributed by atoms with E-state index in [1.165, 1.54) is 38.9 Å². The summed E-state index contributed by atoms with van der Waals surface area (Å²) < 4.78 is 5.38. The van der Waals surface area contributed by atoms with Crippen LogP contribution in [0.2, 0.25) is 0 Å². The monoisotopic (exact) mass is 260 g/mol. The molecular weight excluding hydrogens is 236 g/mol. The normalized spacial score (nSPS) is 28.4. The molecule has 2 aliphatic heterocycles. The van der Waals surface area contributed by atoms with Crippen molar-refractivity contribution in [2.75, 3.05) is 51.8 Å². The highest BCUT2D eigenvalue weighted by Crippen LogP contribution is 2.19. The third-order valence-electron chi connectivity index (χ3n) is 4.00. The number of hydrogen-bond donors (Lipinski definition) is 0. The van der Waals surface area contributed by atoms with Gasteiger partial charge in [-0.1, -0.05) is 6.42 Å². The fourth-order valence-corrected chi connectivity index (χ4v) is 3.15. The first-order valence-electron chi connectivity index (χ1n) is 7.00. The summed E-state index contributed by atoms with van der Waals surface area (Å²) in [4.78, 5) is 5.18. The first kappa shape index (κ1) is 13.6. The van der Waals surface area contributed by atoms with Gasteiger partial charge >= 0.3 is 0 Å². The highest BCUT2D eigenvalue weighted by molar-refractivity contribution is 6.17. The standard InChI is InChI=1S/C13H25ClN2O/c14-5-4-13-3-1-2-6-16(13)8-7-15-9-11-17-12-10-15/h13H,1-12H2. The van der Waals surface area contributed by atoms with Crippen molar-refractivity contribution in [3.8, 4) is 0 Å². The third-order valence-corrected chi connectivity index (χ3v) is 4.22. The Hall–Kier alpha value is 0.170. The largest absolute Gasteiger partial charge is 0.379 e. The molecule has 0 N–H and O–H groups in total. The van der Waals surface area contributed by atoms with Crippen molar-refractivity contribution < 1.29 is 4.74 Å². The predicted octanol–water partition coefficient (Wildman–Crippen LogP) is 1.80. The Bertz CT molecular complexity index is 208. The van der Waals surface area contributed by atoms with Crippen molar-refractivity contribution in [1.29, 1.82) is 0 Å². The zero-order valence-corrected chi connectivity index (χ0v) is 11.5. The fourth-order valence-electron chi connectivity index (χ4n) is 2.90. The molecule has 0 saturated carbocycles. The summed E-state index contributed by atoms with van der Waals surface area (Å²) in [5.74, 6) is 0.804. The Morgan fingerprint density at radius 1 is 1.06 bits per heavy atom. The van der Waals surface area contributed by atoms with E-state index in [1.54, 1.807) is 0 Å². The summed E-state index contributed by atoms with van der Waals surface area (Å²) in [5.41, 5.74) is 0. The van der Waals surface area contributed by atoms with Gasteiger partial charge in [-0.2, -0.15) is 0 Å². The lowest BCUT2D eigenvalue weighted by atomic mass is 10.00. The first-order chi connectivity index (χ1) is 8.40. The molecule has 2 heterocycles. The molecule has 2 saturated heterocycles. The Morgan fingerprint density at radius 3 is 2.65 bits per heavy atom. The molecule has 2 aliphatic rings. The van der Waals surface area contributed by atoms with Gasteiger partial charge in [0.15, 0.2) is 0 Å². The van der Waals surface area contributed by atoms with Crippen molar-refractivity contribution >= 4 is 11.6 Å². The van der Waals surface area contributed by atoms with Crippen molar-refractivity contribution in [1.82, 2.24) is 9.80 Å². The number of hydrogen-bond acceptors (Lipinski definition) is 3. The Labute approximate surface area is 110 Å². The number of piperidine rings is 1. The van der Waals surface area contributed by atoms with Crippen LogP contribution >= 0.6 is 11.6 Å². The number of likely N-dealkylation sites (tertiary alicyclic amines) is 1. The molecule has 0 aromatic heterocycles. The molecule has 0 radical (unpaired) electrons.